The number of aryl methyl sites for hydroxylation is 2. The van der Waals surface area contributed by atoms with Crippen molar-refractivity contribution in [3.05, 3.63) is 367 Å². The Morgan fingerprint density at radius 1 is 0.357 bits per heavy atom. The number of aliphatic carboxylic acids is 1. The maximum Gasteiger partial charge on any atom is 0.416 e. The van der Waals surface area contributed by atoms with Crippen LogP contribution in [0.25, 0.3) is 56.9 Å². The van der Waals surface area contributed by atoms with Crippen LogP contribution in [0.5, 0.6) is 17.2 Å². The van der Waals surface area contributed by atoms with Crippen LogP contribution >= 0.6 is 22.6 Å². The van der Waals surface area contributed by atoms with Gasteiger partial charge >= 0.3 is 36.9 Å². The van der Waals surface area contributed by atoms with Crippen LogP contribution in [0.3, 0.4) is 0 Å². The van der Waals surface area contributed by atoms with Gasteiger partial charge in [0.05, 0.1) is 105 Å². The molecule has 0 fully saturated rings. The molecule has 5 heterocycles. The van der Waals surface area contributed by atoms with Crippen LogP contribution in [0.15, 0.2) is 274 Å². The third-order valence-electron chi connectivity index (χ3n) is 22.5. The summed E-state index contributed by atoms with van der Waals surface area (Å²) in [5.74, 6) is 3.31. The van der Waals surface area contributed by atoms with Crippen molar-refractivity contribution in [1.82, 2.24) is 47.8 Å². The lowest BCUT2D eigenvalue weighted by molar-refractivity contribution is -0.138. The van der Waals surface area contributed by atoms with Gasteiger partial charge in [-0.25, -0.2) is 24.9 Å². The number of halogens is 16. The Labute approximate surface area is 828 Å². The van der Waals surface area contributed by atoms with Crippen molar-refractivity contribution in [1.29, 1.82) is 21.0 Å². The molecule has 143 heavy (non-hydrogen) atoms. The maximum absolute atomic E-state index is 12.9. The van der Waals surface area contributed by atoms with Gasteiger partial charge in [-0.05, 0) is 182 Å². The van der Waals surface area contributed by atoms with Gasteiger partial charge in [-0.3, -0.25) is 4.79 Å². The van der Waals surface area contributed by atoms with Crippen LogP contribution in [0, 0.1) is 74.7 Å². The van der Waals surface area contributed by atoms with Crippen molar-refractivity contribution in [3.8, 4) is 98.5 Å². The summed E-state index contributed by atoms with van der Waals surface area (Å²) in [7, 11) is 0. The van der Waals surface area contributed by atoms with Gasteiger partial charge < -0.3 is 47.3 Å². The summed E-state index contributed by atoms with van der Waals surface area (Å²) in [6.07, 6.45) is -10.9. The first-order chi connectivity index (χ1) is 67.5. The molecule has 0 spiro atoms. The number of imidazole rings is 5. The molecule has 5 aromatic heterocycles. The molecule has 740 valence electrons. The Hall–Kier alpha value is -15.6. The standard InChI is InChI=1S/C26H26F3N3O2.C25H24F3N3O3.C19H14F3N3.C18H14F3IN2.C18H12F3N3O.CH4/c1-18(14-19(2)33)6-5-13-34-24-8-4-3-7-21(24)17-32-23(15-30)16-31-25(32)20-9-11-22(12-10-20)26(27,28)29;1-17(13-23(32)33)5-4-12-34-22-7-3-2-6-19(22)16-31-21(14-29)15-30-24(31)18-8-10-20(11-9-18)25(26,27)28;1-13-4-2-3-5-15(13)12-25-17(10-23)11-24-18(25)14-6-8-16(9-7-14)19(20,21)22;1-12-4-2-3-5-14(12)11-24-16(22)10-23-17(24)13-6-8-15(9-7-13)18(19,20)21;19-18(20,21)14-7-5-12(6-8-14)17-23-10-15(9-22)24(17)11-13-3-1-2-4-16(13)25;/h3-4,7-12,16,18H,5-6,13-14,17H2,1-2H3;2-3,6-11,15,17H,4-5,12-13,16H2,1H3,(H,32,33);2-9,11H,12H2,1H3;2-10H,11H2,1H3;1-8,10,25H,11H2;1H4/t18-;17-;;;;/m11..../s1. The number of carboxylic acid groups (broad SMARTS) is 1. The van der Waals surface area contributed by atoms with Crippen LogP contribution in [0.4, 0.5) is 65.9 Å². The highest BCUT2D eigenvalue weighted by molar-refractivity contribution is 14.1. The Kier molecular flexibility index (Phi) is 37.9. The quantitative estimate of drug-likeness (QED) is 0.0250. The summed E-state index contributed by atoms with van der Waals surface area (Å²) >= 11 is 2.19. The number of aromatic hydroxyl groups is 1. The molecule has 0 aliphatic rings. The van der Waals surface area contributed by atoms with Crippen LogP contribution in [-0.2, 0) is 73.2 Å². The SMILES string of the molecule is C.CC(=O)C[C@H](C)CCCOc1ccccc1Cn1c(C#N)cnc1-c1ccc(C(F)(F)F)cc1.C[C@H](CCCOc1ccccc1Cn1c(C#N)cnc1-c1ccc(C(F)(F)F)cc1)CC(=O)O.Cc1ccccc1Cn1c(C#N)cnc1-c1ccc(C(F)(F)F)cc1.Cc1ccccc1Cn1c(I)cnc1-c1ccc(C(F)(F)F)cc1.N#Cc1cnc(-c2ccc(C(F)(F)F)cc2)n1Cc1ccccc1O. The van der Waals surface area contributed by atoms with E-state index in [1.807, 2.05) is 129 Å². The predicted molar refractivity (Wildman–Crippen MR) is 516 cm³/mol. The van der Waals surface area contributed by atoms with Gasteiger partial charge in [0.25, 0.3) is 0 Å². The number of alkyl halides is 15. The molecule has 0 aliphatic carbocycles. The van der Waals surface area contributed by atoms with Crippen molar-refractivity contribution in [2.75, 3.05) is 13.2 Å². The van der Waals surface area contributed by atoms with E-state index in [0.29, 0.717) is 137 Å². The molecule has 15 aromatic rings. The molecule has 2 atom stereocenters. The Balaban J connectivity index is 0.000000185. The topological polar surface area (TPSA) is 277 Å². The highest BCUT2D eigenvalue weighted by Crippen LogP contribution is 2.39. The average molecular weight is 2080 g/mol. The zero-order valence-electron chi connectivity index (χ0n) is 76.7. The average Bonchev–Trinajstić information content (AvgIpc) is 1.69. The number of nitrogens with zero attached hydrogens (tertiary/aromatic N) is 14. The Morgan fingerprint density at radius 2 is 0.601 bits per heavy atom. The van der Waals surface area contributed by atoms with Crippen LogP contribution < -0.4 is 9.47 Å². The molecule has 0 unspecified atom stereocenters. The minimum Gasteiger partial charge on any atom is -0.508 e. The third kappa shape index (κ3) is 30.2. The van der Waals surface area contributed by atoms with Crippen molar-refractivity contribution in [3.63, 3.8) is 0 Å². The molecule has 0 aliphatic heterocycles. The van der Waals surface area contributed by atoms with Gasteiger partial charge in [-0.15, -0.1) is 0 Å². The van der Waals surface area contributed by atoms with Gasteiger partial charge in [0.15, 0.2) is 0 Å². The fourth-order valence-electron chi connectivity index (χ4n) is 15.0. The Morgan fingerprint density at radius 3 is 0.881 bits per heavy atom. The van der Waals surface area contributed by atoms with Crippen LogP contribution in [-0.4, -0.2) is 82.9 Å². The van der Waals surface area contributed by atoms with E-state index in [1.165, 1.54) is 97.1 Å². The number of ketones is 1. The van der Waals surface area contributed by atoms with Crippen molar-refractivity contribution < 1.29 is 95.1 Å². The fourth-order valence-corrected chi connectivity index (χ4v) is 15.6. The number of aromatic nitrogens is 10. The van der Waals surface area contributed by atoms with Gasteiger partial charge in [-0.2, -0.15) is 86.9 Å². The summed E-state index contributed by atoms with van der Waals surface area (Å²) in [4.78, 5) is 43.3. The van der Waals surface area contributed by atoms with E-state index in [9.17, 15) is 102 Å². The number of carbonyl (C=O) groups excluding carboxylic acids is 1. The van der Waals surface area contributed by atoms with E-state index in [1.54, 1.807) is 55.7 Å². The molecular formula is C107H94F15IN14O6. The number of phenols is 1. The number of hydrogen-bond acceptors (Lipinski definition) is 14. The summed E-state index contributed by atoms with van der Waals surface area (Å²) in [6.45, 7) is 12.1. The molecular weight excluding hydrogens is 1990 g/mol. The lowest BCUT2D eigenvalue weighted by Crippen LogP contribution is -2.09. The molecule has 0 saturated carbocycles. The molecule has 10 aromatic carbocycles. The minimum atomic E-state index is -4.44. The first kappa shape index (κ1) is 109. The van der Waals surface area contributed by atoms with E-state index in [0.717, 1.165) is 105 Å². The predicted octanol–water partition coefficient (Wildman–Crippen LogP) is 27.2. The molecule has 2 N–H and O–H groups in total. The lowest BCUT2D eigenvalue weighted by Gasteiger charge is -2.15. The normalized spacial score (nSPS) is 11.7. The van der Waals surface area contributed by atoms with Gasteiger partial charge in [0, 0.05) is 57.3 Å². The molecule has 36 heteroatoms. The first-order valence-corrected chi connectivity index (χ1v) is 45.0. The van der Waals surface area contributed by atoms with Gasteiger partial charge in [0.2, 0.25) is 0 Å². The number of rotatable bonds is 29. The highest BCUT2D eigenvalue weighted by Gasteiger charge is 2.35. The number of Topliss-reactive ketones (excluding diaryl/α,β-unsaturated/α-hetero) is 1. The van der Waals surface area contributed by atoms with E-state index in [-0.39, 0.29) is 62.3 Å². The molecule has 0 radical (unpaired) electrons. The van der Waals surface area contributed by atoms with Gasteiger partial charge in [0.1, 0.15) is 103 Å². The molecule has 20 nitrogen and oxygen atoms in total. The van der Waals surface area contributed by atoms with Crippen molar-refractivity contribution >= 4 is 34.3 Å². The zero-order chi connectivity index (χ0) is 103. The van der Waals surface area contributed by atoms with Gasteiger partial charge in [-0.1, -0.05) is 185 Å². The van der Waals surface area contributed by atoms with E-state index >= 15 is 0 Å². The highest BCUT2D eigenvalue weighted by atomic mass is 127. The second kappa shape index (κ2) is 49.5. The number of hydrogen-bond donors (Lipinski definition) is 2. The number of benzene rings is 10. The number of phenolic OH excluding ortho intramolecular Hbond substituents is 1. The van der Waals surface area contributed by atoms with E-state index in [4.69, 9.17) is 14.6 Å². The third-order valence-corrected chi connectivity index (χ3v) is 23.4. The summed E-state index contributed by atoms with van der Waals surface area (Å²) in [5, 5.41) is 56.4. The summed E-state index contributed by atoms with van der Waals surface area (Å²) in [6, 6.07) is 69.3. The van der Waals surface area contributed by atoms with Crippen LogP contribution in [0.2, 0.25) is 0 Å². The number of nitriles is 4. The molecule has 0 saturated heterocycles. The monoisotopic (exact) mass is 2080 g/mol. The van der Waals surface area contributed by atoms with Crippen molar-refractivity contribution in [2.45, 2.75) is 144 Å². The first-order valence-electron chi connectivity index (χ1n) is 43.9. The molecule has 15 rings (SSSR count). The largest absolute Gasteiger partial charge is 0.508 e. The number of para-hydroxylation sites is 3. The maximum atomic E-state index is 12.9. The lowest BCUT2D eigenvalue weighted by atomic mass is 10.00. The molecule has 0 bridgehead atoms. The second-order valence-corrected chi connectivity index (χ2v) is 34.0. The number of carboxylic acids is 1. The zero-order valence-corrected chi connectivity index (χ0v) is 78.8. The smallest absolute Gasteiger partial charge is 0.416 e. The fraction of sp³-hybridized carbons (Fsp3) is 0.243. The number of carbonyl (C=O) groups is 2. The van der Waals surface area contributed by atoms with Crippen LogP contribution in [0.1, 0.15) is 156 Å². The molecule has 0 amide bonds. The van der Waals surface area contributed by atoms with E-state index in [2.05, 4.69) is 65.7 Å². The van der Waals surface area contributed by atoms with Crippen molar-refractivity contribution in [2.24, 2.45) is 11.8 Å². The second-order valence-electron chi connectivity index (χ2n) is 32.9. The van der Waals surface area contributed by atoms with E-state index < -0.39 is 64.7 Å². The number of ether oxygens (including phenoxy) is 2. The summed E-state index contributed by atoms with van der Waals surface area (Å²) < 4.78 is 213. The minimum absolute atomic E-state index is 0. The summed E-state index contributed by atoms with van der Waals surface area (Å²) in [5.41, 5.74) is 6.72. The Bertz CT molecular complexity index is 6630.